The fourth-order valence-electron chi connectivity index (χ4n) is 1.97. The van der Waals surface area contributed by atoms with E-state index >= 15 is 0 Å². The average Bonchev–Trinajstić information content (AvgIpc) is 2.53. The van der Waals surface area contributed by atoms with Crippen LogP contribution >= 0.6 is 11.6 Å². The van der Waals surface area contributed by atoms with E-state index in [1.165, 1.54) is 6.20 Å². The molecule has 0 saturated carbocycles. The van der Waals surface area contributed by atoms with E-state index in [1.54, 1.807) is 31.2 Å². The van der Waals surface area contributed by atoms with Gasteiger partial charge in [0.2, 0.25) is 5.88 Å². The van der Waals surface area contributed by atoms with Gasteiger partial charge in [-0.15, -0.1) is 0 Å². The summed E-state index contributed by atoms with van der Waals surface area (Å²) in [5, 5.41) is 0.680. The normalized spacial score (nSPS) is 11.8. The van der Waals surface area contributed by atoms with Gasteiger partial charge in [0.1, 0.15) is 0 Å². The highest BCUT2D eigenvalue weighted by Crippen LogP contribution is 2.22. The zero-order chi connectivity index (χ0) is 15.4. The van der Waals surface area contributed by atoms with Crippen LogP contribution in [0.4, 0.5) is 0 Å². The molecular weight excluding hydrogens is 288 g/mol. The van der Waals surface area contributed by atoms with Gasteiger partial charge in [-0.1, -0.05) is 23.7 Å². The van der Waals surface area contributed by atoms with Crippen LogP contribution in [0.15, 0.2) is 42.6 Å². The molecule has 0 radical (unpaired) electrons. The summed E-state index contributed by atoms with van der Waals surface area (Å²) in [5.74, 6) is 0.396. The largest absolute Gasteiger partial charge is 0.481 e. The second kappa shape index (κ2) is 6.59. The van der Waals surface area contributed by atoms with Crippen molar-refractivity contribution in [2.24, 2.45) is 0 Å². The summed E-state index contributed by atoms with van der Waals surface area (Å²) in [4.78, 5) is 18.2. The molecule has 1 atom stereocenters. The SMILES string of the molecule is COc1ccc(C(=O)N(C)C(C)c2ccc(Cl)cc2)cn1. The second-order valence-corrected chi connectivity index (χ2v) is 5.17. The first-order valence-electron chi connectivity index (χ1n) is 6.55. The van der Waals surface area contributed by atoms with Crippen molar-refractivity contribution in [2.45, 2.75) is 13.0 Å². The van der Waals surface area contributed by atoms with Crippen molar-refractivity contribution in [3.05, 3.63) is 58.7 Å². The van der Waals surface area contributed by atoms with Crippen molar-refractivity contribution in [3.8, 4) is 5.88 Å². The fraction of sp³-hybridized carbons (Fsp3) is 0.250. The quantitative estimate of drug-likeness (QED) is 0.867. The first kappa shape index (κ1) is 15.3. The Labute approximate surface area is 129 Å². The van der Waals surface area contributed by atoms with Crippen molar-refractivity contribution in [1.82, 2.24) is 9.88 Å². The molecule has 0 aliphatic rings. The summed E-state index contributed by atoms with van der Waals surface area (Å²) in [6.45, 7) is 1.97. The van der Waals surface area contributed by atoms with Crippen molar-refractivity contribution >= 4 is 17.5 Å². The molecule has 0 aliphatic heterocycles. The van der Waals surface area contributed by atoms with E-state index in [0.29, 0.717) is 16.5 Å². The monoisotopic (exact) mass is 304 g/mol. The number of carbonyl (C=O) groups is 1. The van der Waals surface area contributed by atoms with Crippen LogP contribution in [0.2, 0.25) is 5.02 Å². The third-order valence-corrected chi connectivity index (χ3v) is 3.70. The van der Waals surface area contributed by atoms with Crippen LogP contribution in [0.5, 0.6) is 5.88 Å². The van der Waals surface area contributed by atoms with E-state index < -0.39 is 0 Å². The summed E-state index contributed by atoms with van der Waals surface area (Å²) in [6.07, 6.45) is 1.52. The summed E-state index contributed by atoms with van der Waals surface area (Å²) in [7, 11) is 3.31. The number of ether oxygens (including phenoxy) is 1. The van der Waals surface area contributed by atoms with E-state index in [2.05, 4.69) is 4.98 Å². The number of aromatic nitrogens is 1. The second-order valence-electron chi connectivity index (χ2n) is 4.73. The molecule has 1 heterocycles. The molecule has 5 heteroatoms. The number of pyridine rings is 1. The highest BCUT2D eigenvalue weighted by atomic mass is 35.5. The minimum absolute atomic E-state index is 0.0585. The van der Waals surface area contributed by atoms with Crippen LogP contribution < -0.4 is 4.74 Å². The number of carbonyl (C=O) groups excluding carboxylic acids is 1. The standard InChI is InChI=1S/C16H17ClN2O2/c1-11(12-4-7-14(17)8-5-12)19(2)16(20)13-6-9-15(21-3)18-10-13/h4-11H,1-3H3. The minimum atomic E-state index is -0.0902. The number of hydrogen-bond acceptors (Lipinski definition) is 3. The zero-order valence-corrected chi connectivity index (χ0v) is 13.0. The molecule has 0 fully saturated rings. The summed E-state index contributed by atoms with van der Waals surface area (Å²) in [6, 6.07) is 10.8. The summed E-state index contributed by atoms with van der Waals surface area (Å²) >= 11 is 5.88. The van der Waals surface area contributed by atoms with Crippen LogP contribution in [0.3, 0.4) is 0 Å². The first-order chi connectivity index (χ1) is 10.0. The molecule has 1 aromatic carbocycles. The van der Waals surface area contributed by atoms with Gasteiger partial charge < -0.3 is 9.64 Å². The molecule has 0 spiro atoms. The predicted molar refractivity (Wildman–Crippen MR) is 82.7 cm³/mol. The van der Waals surface area contributed by atoms with E-state index in [4.69, 9.17) is 16.3 Å². The molecule has 1 amide bonds. The van der Waals surface area contributed by atoms with Crippen LogP contribution in [-0.2, 0) is 0 Å². The number of benzene rings is 1. The summed E-state index contributed by atoms with van der Waals surface area (Å²) in [5.41, 5.74) is 1.55. The summed E-state index contributed by atoms with van der Waals surface area (Å²) < 4.78 is 4.99. The number of rotatable bonds is 4. The maximum Gasteiger partial charge on any atom is 0.255 e. The molecule has 4 nitrogen and oxygen atoms in total. The Bertz CT molecular complexity index is 611. The van der Waals surface area contributed by atoms with Gasteiger partial charge >= 0.3 is 0 Å². The molecule has 1 unspecified atom stereocenters. The van der Waals surface area contributed by atoms with Gasteiger partial charge in [0.25, 0.3) is 5.91 Å². The molecule has 0 bridgehead atoms. The smallest absolute Gasteiger partial charge is 0.255 e. The Morgan fingerprint density at radius 2 is 1.90 bits per heavy atom. The van der Waals surface area contributed by atoms with E-state index in [1.807, 2.05) is 31.2 Å². The maximum absolute atomic E-state index is 12.4. The van der Waals surface area contributed by atoms with Crippen molar-refractivity contribution in [3.63, 3.8) is 0 Å². The van der Waals surface area contributed by atoms with Gasteiger partial charge in [0.15, 0.2) is 0 Å². The predicted octanol–water partition coefficient (Wildman–Crippen LogP) is 3.58. The fourth-order valence-corrected chi connectivity index (χ4v) is 2.10. The molecule has 2 aromatic rings. The molecule has 21 heavy (non-hydrogen) atoms. The van der Waals surface area contributed by atoms with E-state index in [-0.39, 0.29) is 11.9 Å². The van der Waals surface area contributed by atoms with Crippen LogP contribution in [0.25, 0.3) is 0 Å². The van der Waals surface area contributed by atoms with Crippen molar-refractivity contribution in [1.29, 1.82) is 0 Å². The lowest BCUT2D eigenvalue weighted by molar-refractivity contribution is 0.0742. The topological polar surface area (TPSA) is 42.4 Å². The number of hydrogen-bond donors (Lipinski definition) is 0. The lowest BCUT2D eigenvalue weighted by Crippen LogP contribution is -2.29. The first-order valence-corrected chi connectivity index (χ1v) is 6.93. The number of amides is 1. The number of nitrogens with zero attached hydrogens (tertiary/aromatic N) is 2. The maximum atomic E-state index is 12.4. The lowest BCUT2D eigenvalue weighted by atomic mass is 10.1. The molecular formula is C16H17ClN2O2. The number of methoxy groups -OCH3 is 1. The lowest BCUT2D eigenvalue weighted by Gasteiger charge is -2.25. The van der Waals surface area contributed by atoms with Crippen LogP contribution in [0.1, 0.15) is 28.9 Å². The van der Waals surface area contributed by atoms with Crippen molar-refractivity contribution < 1.29 is 9.53 Å². The molecule has 0 saturated heterocycles. The molecule has 0 N–H and O–H groups in total. The molecule has 2 rings (SSSR count). The zero-order valence-electron chi connectivity index (χ0n) is 12.2. The Balaban J connectivity index is 2.15. The van der Waals surface area contributed by atoms with Gasteiger partial charge in [0.05, 0.1) is 18.7 Å². The number of halogens is 1. The highest BCUT2D eigenvalue weighted by molar-refractivity contribution is 6.30. The molecule has 0 aliphatic carbocycles. The third-order valence-electron chi connectivity index (χ3n) is 3.45. The van der Waals surface area contributed by atoms with Gasteiger partial charge in [-0.05, 0) is 30.7 Å². The average molecular weight is 305 g/mol. The van der Waals surface area contributed by atoms with Crippen LogP contribution in [0, 0.1) is 0 Å². The Kier molecular flexibility index (Phi) is 4.81. The van der Waals surface area contributed by atoms with Crippen molar-refractivity contribution in [2.75, 3.05) is 14.2 Å². The Hall–Kier alpha value is -2.07. The van der Waals surface area contributed by atoms with Gasteiger partial charge in [-0.2, -0.15) is 0 Å². The highest BCUT2D eigenvalue weighted by Gasteiger charge is 2.19. The Morgan fingerprint density at radius 3 is 2.43 bits per heavy atom. The third kappa shape index (κ3) is 3.52. The minimum Gasteiger partial charge on any atom is -0.481 e. The van der Waals surface area contributed by atoms with Gasteiger partial charge in [-0.25, -0.2) is 4.98 Å². The van der Waals surface area contributed by atoms with E-state index in [9.17, 15) is 4.79 Å². The van der Waals surface area contributed by atoms with Crippen LogP contribution in [-0.4, -0.2) is 29.9 Å². The van der Waals surface area contributed by atoms with Gasteiger partial charge in [0, 0.05) is 24.3 Å². The molecule has 1 aromatic heterocycles. The molecule has 110 valence electrons. The van der Waals surface area contributed by atoms with E-state index in [0.717, 1.165) is 5.56 Å². The Morgan fingerprint density at radius 1 is 1.24 bits per heavy atom. The van der Waals surface area contributed by atoms with Gasteiger partial charge in [-0.3, -0.25) is 4.79 Å².